The van der Waals surface area contributed by atoms with Crippen molar-refractivity contribution in [3.8, 4) is 0 Å². The van der Waals surface area contributed by atoms with Crippen molar-refractivity contribution in [2.24, 2.45) is 0 Å². The molecule has 0 spiro atoms. The highest BCUT2D eigenvalue weighted by molar-refractivity contribution is 5.94. The van der Waals surface area contributed by atoms with Crippen molar-refractivity contribution in [2.75, 3.05) is 0 Å². The Balaban J connectivity index is 2.44. The molecule has 1 aliphatic rings. The summed E-state index contributed by atoms with van der Waals surface area (Å²) in [4.78, 5) is 31.5. The van der Waals surface area contributed by atoms with Crippen molar-refractivity contribution < 1.29 is 19.2 Å². The van der Waals surface area contributed by atoms with E-state index in [9.17, 15) is 19.7 Å². The van der Waals surface area contributed by atoms with Crippen LogP contribution in [0, 0.1) is 10.1 Å². The molecule has 1 aromatic rings. The second-order valence-electron chi connectivity index (χ2n) is 3.10. The number of rotatable bonds is 3. The number of esters is 1. The summed E-state index contributed by atoms with van der Waals surface area (Å²) < 4.78 is 4.80. The highest BCUT2D eigenvalue weighted by Crippen LogP contribution is 2.30. The van der Waals surface area contributed by atoms with Gasteiger partial charge in [0.25, 0.3) is 5.69 Å². The van der Waals surface area contributed by atoms with Crippen LogP contribution in [0.15, 0.2) is 18.2 Å². The number of fused-ring (bicyclic) bond motifs is 1. The van der Waals surface area contributed by atoms with Gasteiger partial charge in [0.15, 0.2) is 0 Å². The molecule has 0 bridgehead atoms. The molecule has 0 aliphatic carbocycles. The first-order chi connectivity index (χ1) is 7.63. The molecule has 2 rings (SSSR count). The zero-order valence-corrected chi connectivity index (χ0v) is 7.88. The Morgan fingerprint density at radius 2 is 2.25 bits per heavy atom. The number of benzene rings is 1. The van der Waals surface area contributed by atoms with Gasteiger partial charge in [-0.3, -0.25) is 14.9 Å². The number of carbonyl (C=O) groups excluding carboxylic acids is 2. The minimum Gasteiger partial charge on any atom is -0.434 e. The van der Waals surface area contributed by atoms with Crippen LogP contribution < -0.4 is 5.32 Å². The van der Waals surface area contributed by atoms with Crippen LogP contribution in [-0.4, -0.2) is 17.3 Å². The van der Waals surface area contributed by atoms with Crippen LogP contribution >= 0.6 is 0 Å². The molecular formula is C9H6N2O5. The maximum absolute atomic E-state index is 11.3. The number of cyclic esters (lactones) is 1. The zero-order valence-electron chi connectivity index (χ0n) is 7.88. The summed E-state index contributed by atoms with van der Waals surface area (Å²) in [5, 5.41) is 12.8. The van der Waals surface area contributed by atoms with Crippen molar-refractivity contribution in [3.63, 3.8) is 0 Å². The first-order valence-corrected chi connectivity index (χ1v) is 4.32. The quantitative estimate of drug-likeness (QED) is 0.347. The fraction of sp³-hybridized carbons (Fsp3) is 0.111. The molecule has 7 nitrogen and oxygen atoms in total. The molecule has 0 saturated heterocycles. The first kappa shape index (κ1) is 10.1. The normalized spacial score (nSPS) is 17.5. The van der Waals surface area contributed by atoms with E-state index in [2.05, 4.69) is 5.32 Å². The van der Waals surface area contributed by atoms with Crippen LogP contribution in [0.4, 0.5) is 5.69 Å². The van der Waals surface area contributed by atoms with Gasteiger partial charge in [-0.1, -0.05) is 0 Å². The number of nitrogens with zero attached hydrogens (tertiary/aromatic N) is 1. The fourth-order valence-electron chi connectivity index (χ4n) is 1.48. The molecule has 7 heteroatoms. The van der Waals surface area contributed by atoms with Crippen LogP contribution in [-0.2, 0) is 9.53 Å². The molecule has 1 aliphatic heterocycles. The second kappa shape index (κ2) is 3.61. The van der Waals surface area contributed by atoms with E-state index in [-0.39, 0.29) is 11.3 Å². The maximum Gasteiger partial charge on any atom is 0.341 e. The van der Waals surface area contributed by atoms with Gasteiger partial charge < -0.3 is 10.1 Å². The third-order valence-electron chi connectivity index (χ3n) is 2.19. The summed E-state index contributed by atoms with van der Waals surface area (Å²) in [6, 6.07) is 3.77. The van der Waals surface area contributed by atoms with E-state index in [1.54, 1.807) is 0 Å². The van der Waals surface area contributed by atoms with E-state index < -0.39 is 17.1 Å². The predicted molar refractivity (Wildman–Crippen MR) is 50.5 cm³/mol. The van der Waals surface area contributed by atoms with Crippen LogP contribution in [0.25, 0.3) is 0 Å². The summed E-state index contributed by atoms with van der Waals surface area (Å²) >= 11 is 0. The van der Waals surface area contributed by atoms with Gasteiger partial charge in [-0.25, -0.2) is 4.79 Å². The van der Waals surface area contributed by atoms with Gasteiger partial charge in [-0.15, -0.1) is 0 Å². The molecule has 1 amide bonds. The Bertz CT molecular complexity index is 485. The molecule has 1 unspecified atom stereocenters. The second-order valence-corrected chi connectivity index (χ2v) is 3.10. The summed E-state index contributed by atoms with van der Waals surface area (Å²) in [5.74, 6) is -0.682. The Labute approximate surface area is 89.2 Å². The highest BCUT2D eigenvalue weighted by atomic mass is 16.6. The zero-order chi connectivity index (χ0) is 11.7. The third-order valence-corrected chi connectivity index (χ3v) is 2.19. The molecule has 82 valence electrons. The molecule has 0 fully saturated rings. The molecule has 0 aromatic heterocycles. The van der Waals surface area contributed by atoms with Crippen LogP contribution in [0.5, 0.6) is 0 Å². The molecule has 16 heavy (non-hydrogen) atoms. The number of carbonyl (C=O) groups is 2. The summed E-state index contributed by atoms with van der Waals surface area (Å²) in [6.45, 7) is 0. The standard InChI is InChI=1S/C9H6N2O5/c12-4-10-8-6-2-1-5(11(14)15)3-7(6)9(13)16-8/h1-4,8H,(H,10,12). The average molecular weight is 222 g/mol. The monoisotopic (exact) mass is 222 g/mol. The Hall–Kier alpha value is -2.44. The van der Waals surface area contributed by atoms with Gasteiger partial charge in [0.1, 0.15) is 0 Å². The average Bonchev–Trinajstić information content (AvgIpc) is 2.56. The molecule has 0 radical (unpaired) electrons. The van der Waals surface area contributed by atoms with Crippen molar-refractivity contribution in [2.45, 2.75) is 6.23 Å². The van der Waals surface area contributed by atoms with E-state index in [0.29, 0.717) is 12.0 Å². The molecular weight excluding hydrogens is 216 g/mol. The predicted octanol–water partition coefficient (Wildman–Crippen LogP) is 0.510. The van der Waals surface area contributed by atoms with Gasteiger partial charge in [0.2, 0.25) is 12.6 Å². The fourth-order valence-corrected chi connectivity index (χ4v) is 1.48. The molecule has 1 aromatic carbocycles. The van der Waals surface area contributed by atoms with Crippen LogP contribution in [0.3, 0.4) is 0 Å². The Morgan fingerprint density at radius 3 is 2.88 bits per heavy atom. The minimum atomic E-state index is -0.860. The summed E-state index contributed by atoms with van der Waals surface area (Å²) in [6.07, 6.45) is -0.463. The Kier molecular flexibility index (Phi) is 2.28. The highest BCUT2D eigenvalue weighted by Gasteiger charge is 2.32. The number of nitro benzene ring substituents is 1. The summed E-state index contributed by atoms with van der Waals surface area (Å²) in [5.41, 5.74) is 0.332. The van der Waals surface area contributed by atoms with Gasteiger partial charge in [-0.2, -0.15) is 0 Å². The van der Waals surface area contributed by atoms with E-state index in [1.807, 2.05) is 0 Å². The number of hydrogen-bond donors (Lipinski definition) is 1. The van der Waals surface area contributed by atoms with E-state index in [1.165, 1.54) is 12.1 Å². The first-order valence-electron chi connectivity index (χ1n) is 4.32. The third kappa shape index (κ3) is 1.48. The molecule has 1 heterocycles. The van der Waals surface area contributed by atoms with Gasteiger partial charge in [0, 0.05) is 17.7 Å². The van der Waals surface area contributed by atoms with Gasteiger partial charge in [-0.05, 0) is 6.07 Å². The lowest BCUT2D eigenvalue weighted by molar-refractivity contribution is -0.384. The Morgan fingerprint density at radius 1 is 1.50 bits per heavy atom. The number of ether oxygens (including phenoxy) is 1. The molecule has 1 atom stereocenters. The van der Waals surface area contributed by atoms with Gasteiger partial charge in [0.05, 0.1) is 10.5 Å². The lowest BCUT2D eigenvalue weighted by Gasteiger charge is -2.07. The minimum absolute atomic E-state index is 0.105. The van der Waals surface area contributed by atoms with E-state index in [0.717, 1.165) is 6.07 Å². The SMILES string of the molecule is O=CNC1OC(=O)c2cc([N+](=O)[O-])ccc21. The van der Waals surface area contributed by atoms with Gasteiger partial charge >= 0.3 is 5.97 Å². The number of nitrogens with one attached hydrogen (secondary N) is 1. The number of non-ortho nitro benzene ring substituents is 1. The van der Waals surface area contributed by atoms with Crippen LogP contribution in [0.2, 0.25) is 0 Å². The van der Waals surface area contributed by atoms with Crippen molar-refractivity contribution in [1.82, 2.24) is 5.32 Å². The molecule has 1 N–H and O–H groups in total. The number of hydrogen-bond acceptors (Lipinski definition) is 5. The summed E-state index contributed by atoms with van der Waals surface area (Å²) in [7, 11) is 0. The van der Waals surface area contributed by atoms with E-state index in [4.69, 9.17) is 4.74 Å². The van der Waals surface area contributed by atoms with Crippen molar-refractivity contribution in [3.05, 3.63) is 39.4 Å². The number of nitro groups is 1. The lowest BCUT2D eigenvalue weighted by atomic mass is 10.1. The molecule has 0 saturated carbocycles. The van der Waals surface area contributed by atoms with Crippen LogP contribution in [0.1, 0.15) is 22.1 Å². The van der Waals surface area contributed by atoms with E-state index >= 15 is 0 Å². The van der Waals surface area contributed by atoms with Crippen molar-refractivity contribution >= 4 is 18.1 Å². The lowest BCUT2D eigenvalue weighted by Crippen LogP contribution is -2.18. The van der Waals surface area contributed by atoms with Crippen molar-refractivity contribution in [1.29, 1.82) is 0 Å². The topological polar surface area (TPSA) is 98.5 Å². The number of amides is 1. The maximum atomic E-state index is 11.3. The smallest absolute Gasteiger partial charge is 0.341 e. The largest absolute Gasteiger partial charge is 0.434 e.